The van der Waals surface area contributed by atoms with E-state index in [1.807, 2.05) is 32.0 Å². The summed E-state index contributed by atoms with van der Waals surface area (Å²) in [7, 11) is 1.68. The number of amides is 2. The Balaban J connectivity index is 2.14. The molecule has 0 unspecified atom stereocenters. The molecule has 126 valence electrons. The molecule has 0 aliphatic rings. The van der Waals surface area contributed by atoms with Crippen LogP contribution >= 0.6 is 0 Å². The van der Waals surface area contributed by atoms with E-state index in [4.69, 9.17) is 4.74 Å². The number of carbonyl (C=O) groups excluding carboxylic acids is 2. The van der Waals surface area contributed by atoms with E-state index in [0.29, 0.717) is 17.9 Å². The molecule has 0 fully saturated rings. The minimum Gasteiger partial charge on any atom is -0.410 e. The molecular formula is C19H22N2O3. The maximum atomic E-state index is 12.4. The molecule has 1 N–H and O–H groups in total. The Morgan fingerprint density at radius 2 is 1.71 bits per heavy atom. The van der Waals surface area contributed by atoms with E-state index in [-0.39, 0.29) is 5.91 Å². The van der Waals surface area contributed by atoms with Gasteiger partial charge < -0.3 is 10.1 Å². The number of aryl methyl sites for hydroxylation is 2. The maximum Gasteiger partial charge on any atom is 0.419 e. The third kappa shape index (κ3) is 4.13. The molecule has 5 nitrogen and oxygen atoms in total. The van der Waals surface area contributed by atoms with Gasteiger partial charge >= 0.3 is 6.09 Å². The highest BCUT2D eigenvalue weighted by Gasteiger charge is 2.17. The quantitative estimate of drug-likeness (QED) is 0.912. The van der Waals surface area contributed by atoms with Crippen LogP contribution in [0.4, 0.5) is 16.2 Å². The van der Waals surface area contributed by atoms with Crippen LogP contribution in [0.1, 0.15) is 24.5 Å². The van der Waals surface area contributed by atoms with Gasteiger partial charge in [-0.1, -0.05) is 31.2 Å². The summed E-state index contributed by atoms with van der Waals surface area (Å²) in [6.07, 6.45) is -0.0920. The summed E-state index contributed by atoms with van der Waals surface area (Å²) in [5.74, 6) is 0.290. The Morgan fingerprint density at radius 1 is 1.08 bits per heavy atom. The van der Waals surface area contributed by atoms with Crippen molar-refractivity contribution in [3.63, 3.8) is 0 Å². The third-order valence-electron chi connectivity index (χ3n) is 3.69. The molecule has 0 spiro atoms. The van der Waals surface area contributed by atoms with Crippen LogP contribution in [0.15, 0.2) is 42.5 Å². The number of ether oxygens (including phenoxy) is 1. The molecule has 0 saturated heterocycles. The number of anilines is 2. The van der Waals surface area contributed by atoms with Crippen molar-refractivity contribution >= 4 is 23.4 Å². The van der Waals surface area contributed by atoms with Gasteiger partial charge in [0, 0.05) is 25.2 Å². The highest BCUT2D eigenvalue weighted by atomic mass is 16.6. The maximum absolute atomic E-state index is 12.4. The molecule has 2 aromatic rings. The topological polar surface area (TPSA) is 58.6 Å². The van der Waals surface area contributed by atoms with Crippen LogP contribution in [0.25, 0.3) is 0 Å². The minimum atomic E-state index is -0.480. The van der Waals surface area contributed by atoms with Crippen LogP contribution in [0.2, 0.25) is 0 Å². The molecular weight excluding hydrogens is 304 g/mol. The minimum absolute atomic E-state index is 0.0915. The van der Waals surface area contributed by atoms with Crippen molar-refractivity contribution in [1.29, 1.82) is 0 Å². The van der Waals surface area contributed by atoms with Gasteiger partial charge in [-0.3, -0.25) is 9.69 Å². The molecule has 0 radical (unpaired) electrons. The molecule has 24 heavy (non-hydrogen) atoms. The first-order valence-electron chi connectivity index (χ1n) is 7.84. The first kappa shape index (κ1) is 17.5. The Morgan fingerprint density at radius 3 is 2.33 bits per heavy atom. The predicted octanol–water partition coefficient (Wildman–Crippen LogP) is 4.29. The smallest absolute Gasteiger partial charge is 0.410 e. The zero-order chi connectivity index (χ0) is 17.7. The number of nitrogens with one attached hydrogen (secondary N) is 1. The fourth-order valence-electron chi connectivity index (χ4n) is 2.48. The van der Waals surface area contributed by atoms with E-state index in [1.54, 1.807) is 38.2 Å². The first-order chi connectivity index (χ1) is 11.4. The lowest BCUT2D eigenvalue weighted by atomic mass is 10.1. The van der Waals surface area contributed by atoms with Crippen molar-refractivity contribution in [3.8, 4) is 5.75 Å². The number of rotatable bonds is 4. The Kier molecular flexibility index (Phi) is 5.58. The van der Waals surface area contributed by atoms with Gasteiger partial charge in [-0.2, -0.15) is 0 Å². The molecule has 0 bridgehead atoms. The van der Waals surface area contributed by atoms with Crippen LogP contribution in [0, 0.1) is 13.8 Å². The standard InChI is InChI=1S/C19H22N2O3/c1-5-17(22)20-15-10-7-11-16(12-15)24-19(23)21(4)18-13(2)8-6-9-14(18)3/h6-12H,5H2,1-4H3,(H,20,22). The van der Waals surface area contributed by atoms with Crippen LogP contribution in [0.3, 0.4) is 0 Å². The zero-order valence-electron chi connectivity index (χ0n) is 14.4. The van der Waals surface area contributed by atoms with Crippen LogP contribution < -0.4 is 15.0 Å². The summed E-state index contributed by atoms with van der Waals surface area (Å²) >= 11 is 0. The summed E-state index contributed by atoms with van der Waals surface area (Å²) in [6.45, 7) is 5.68. The molecule has 0 saturated carbocycles. The number of benzene rings is 2. The van der Waals surface area contributed by atoms with E-state index in [0.717, 1.165) is 16.8 Å². The van der Waals surface area contributed by atoms with Crippen molar-refractivity contribution in [3.05, 3.63) is 53.6 Å². The number of nitrogens with zero attached hydrogens (tertiary/aromatic N) is 1. The van der Waals surface area contributed by atoms with Crippen molar-refractivity contribution < 1.29 is 14.3 Å². The Bertz CT molecular complexity index is 736. The molecule has 0 aromatic heterocycles. The SMILES string of the molecule is CCC(=O)Nc1cccc(OC(=O)N(C)c2c(C)cccc2C)c1. The lowest BCUT2D eigenvalue weighted by molar-refractivity contribution is -0.115. The average Bonchev–Trinajstić information content (AvgIpc) is 2.54. The lowest BCUT2D eigenvalue weighted by Gasteiger charge is -2.21. The van der Waals surface area contributed by atoms with Gasteiger partial charge in [0.15, 0.2) is 0 Å². The van der Waals surface area contributed by atoms with Gasteiger partial charge in [0.2, 0.25) is 5.91 Å². The van der Waals surface area contributed by atoms with E-state index >= 15 is 0 Å². The largest absolute Gasteiger partial charge is 0.419 e. The average molecular weight is 326 g/mol. The molecule has 2 rings (SSSR count). The lowest BCUT2D eigenvalue weighted by Crippen LogP contribution is -2.30. The van der Waals surface area contributed by atoms with E-state index in [1.165, 1.54) is 4.90 Å². The van der Waals surface area contributed by atoms with Gasteiger partial charge in [-0.15, -0.1) is 0 Å². The second-order valence-electron chi connectivity index (χ2n) is 5.60. The molecule has 0 atom stereocenters. The predicted molar refractivity (Wildman–Crippen MR) is 95.7 cm³/mol. The van der Waals surface area contributed by atoms with Gasteiger partial charge in [-0.25, -0.2) is 4.79 Å². The van der Waals surface area contributed by atoms with Crippen molar-refractivity contribution in [2.24, 2.45) is 0 Å². The molecule has 0 aliphatic carbocycles. The van der Waals surface area contributed by atoms with E-state index in [9.17, 15) is 9.59 Å². The molecule has 2 amide bonds. The van der Waals surface area contributed by atoms with Gasteiger partial charge in [0.25, 0.3) is 0 Å². The number of carbonyl (C=O) groups is 2. The number of hydrogen-bond donors (Lipinski definition) is 1. The fourth-order valence-corrected chi connectivity index (χ4v) is 2.48. The van der Waals surface area contributed by atoms with Gasteiger partial charge in [-0.05, 0) is 37.1 Å². The summed E-state index contributed by atoms with van der Waals surface area (Å²) < 4.78 is 5.43. The van der Waals surface area contributed by atoms with Gasteiger partial charge in [0.05, 0.1) is 5.69 Å². The van der Waals surface area contributed by atoms with Crippen LogP contribution in [-0.2, 0) is 4.79 Å². The second-order valence-corrected chi connectivity index (χ2v) is 5.60. The molecule has 0 heterocycles. The number of hydrogen-bond acceptors (Lipinski definition) is 3. The Hall–Kier alpha value is -2.82. The highest BCUT2D eigenvalue weighted by Crippen LogP contribution is 2.25. The monoisotopic (exact) mass is 326 g/mol. The summed E-state index contributed by atoms with van der Waals surface area (Å²) in [5.41, 5.74) is 3.43. The fraction of sp³-hybridized carbons (Fsp3) is 0.263. The Labute approximate surface area is 142 Å². The molecule has 5 heteroatoms. The summed E-state index contributed by atoms with van der Waals surface area (Å²) in [6, 6.07) is 12.6. The summed E-state index contributed by atoms with van der Waals surface area (Å²) in [5, 5.41) is 2.74. The van der Waals surface area contributed by atoms with Crippen molar-refractivity contribution in [2.45, 2.75) is 27.2 Å². The van der Waals surface area contributed by atoms with Crippen LogP contribution in [0.5, 0.6) is 5.75 Å². The normalized spacial score (nSPS) is 10.2. The molecule has 2 aromatic carbocycles. The van der Waals surface area contributed by atoms with Crippen LogP contribution in [-0.4, -0.2) is 19.0 Å². The first-order valence-corrected chi connectivity index (χ1v) is 7.84. The van der Waals surface area contributed by atoms with E-state index in [2.05, 4.69) is 5.32 Å². The second kappa shape index (κ2) is 7.64. The zero-order valence-corrected chi connectivity index (χ0v) is 14.4. The molecule has 0 aliphatic heterocycles. The van der Waals surface area contributed by atoms with Crippen molar-refractivity contribution in [2.75, 3.05) is 17.3 Å². The van der Waals surface area contributed by atoms with E-state index < -0.39 is 6.09 Å². The number of para-hydroxylation sites is 1. The highest BCUT2D eigenvalue weighted by molar-refractivity contribution is 5.92. The van der Waals surface area contributed by atoms with Crippen molar-refractivity contribution in [1.82, 2.24) is 0 Å². The third-order valence-corrected chi connectivity index (χ3v) is 3.69. The summed E-state index contributed by atoms with van der Waals surface area (Å²) in [4.78, 5) is 25.4. The van der Waals surface area contributed by atoms with Gasteiger partial charge in [0.1, 0.15) is 5.75 Å².